The lowest BCUT2D eigenvalue weighted by Crippen LogP contribution is -2.61. The summed E-state index contributed by atoms with van der Waals surface area (Å²) in [5, 5.41) is 18.2. The van der Waals surface area contributed by atoms with E-state index in [4.69, 9.17) is 10.4 Å². The Bertz CT molecular complexity index is 225. The Hall–Kier alpha value is -0.590. The van der Waals surface area contributed by atoms with Crippen LogP contribution >= 0.6 is 0 Å². The van der Waals surface area contributed by atoms with Crippen LogP contribution < -0.4 is 0 Å². The molecule has 0 unspecified atom stereocenters. The van der Waals surface area contributed by atoms with Crippen LogP contribution in [-0.4, -0.2) is 34.7 Å². The number of nitrogens with zero attached hydrogens (tertiary/aromatic N) is 2. The van der Waals surface area contributed by atoms with Gasteiger partial charge in [-0.25, -0.2) is 0 Å². The molecule has 0 bridgehead atoms. The Balaban J connectivity index is 2.03. The second-order valence-corrected chi connectivity index (χ2v) is 4.09. The average Bonchev–Trinajstić information content (AvgIpc) is 2.79. The molecule has 0 aromatic rings. The molecule has 2 fully saturated rings. The van der Waals surface area contributed by atoms with Crippen LogP contribution in [0.3, 0.4) is 0 Å². The van der Waals surface area contributed by atoms with Gasteiger partial charge in [-0.05, 0) is 25.7 Å². The molecule has 2 rings (SSSR count). The van der Waals surface area contributed by atoms with Gasteiger partial charge in [0.25, 0.3) is 0 Å². The van der Waals surface area contributed by atoms with Crippen LogP contribution in [-0.2, 0) is 0 Å². The summed E-state index contributed by atoms with van der Waals surface area (Å²) in [6.45, 7) is 3.36. The molecule has 1 heterocycles. The van der Waals surface area contributed by atoms with E-state index < -0.39 is 0 Å². The first-order chi connectivity index (χ1) is 5.66. The van der Waals surface area contributed by atoms with Gasteiger partial charge in [-0.3, -0.25) is 4.90 Å². The molecule has 66 valence electrons. The maximum absolute atomic E-state index is 9.13. The minimum Gasteiger partial charge on any atom is -0.390 e. The molecule has 3 heteroatoms. The van der Waals surface area contributed by atoms with E-state index in [0.717, 1.165) is 0 Å². The second-order valence-electron chi connectivity index (χ2n) is 4.09. The van der Waals surface area contributed by atoms with Crippen LogP contribution in [0.5, 0.6) is 0 Å². The minimum atomic E-state index is -0.292. The molecule has 1 N–H and O–H groups in total. The lowest BCUT2D eigenvalue weighted by atomic mass is 9.91. The summed E-state index contributed by atoms with van der Waals surface area (Å²) in [6, 6.07) is 2.38. The molecule has 0 amide bonds. The molecular formula is C9H14N2O. The number of aliphatic hydroxyl groups excluding tert-OH is 1. The monoisotopic (exact) mass is 166 g/mol. The number of hydrogen-bond acceptors (Lipinski definition) is 3. The Labute approximate surface area is 72.6 Å². The van der Waals surface area contributed by atoms with E-state index >= 15 is 0 Å². The van der Waals surface area contributed by atoms with Gasteiger partial charge in [-0.1, -0.05) is 0 Å². The molecule has 1 aliphatic carbocycles. The van der Waals surface area contributed by atoms with Gasteiger partial charge in [-0.2, -0.15) is 5.26 Å². The van der Waals surface area contributed by atoms with Gasteiger partial charge in [-0.15, -0.1) is 0 Å². The van der Waals surface area contributed by atoms with Gasteiger partial charge in [0.15, 0.2) is 0 Å². The van der Waals surface area contributed by atoms with E-state index in [1.165, 1.54) is 12.8 Å². The SMILES string of the molecule is C[C@@](C#N)(C1CC1)N1CC(O)C1. The quantitative estimate of drug-likeness (QED) is 0.644. The summed E-state index contributed by atoms with van der Waals surface area (Å²) in [5.74, 6) is 0.551. The predicted octanol–water partition coefficient (Wildman–Crippen LogP) is 0.355. The van der Waals surface area contributed by atoms with Crippen molar-refractivity contribution in [1.29, 1.82) is 5.26 Å². The lowest BCUT2D eigenvalue weighted by Gasteiger charge is -2.45. The van der Waals surface area contributed by atoms with Crippen molar-refractivity contribution in [3.05, 3.63) is 0 Å². The van der Waals surface area contributed by atoms with Crippen LogP contribution in [0.25, 0.3) is 0 Å². The van der Waals surface area contributed by atoms with E-state index in [-0.39, 0.29) is 11.6 Å². The summed E-state index contributed by atoms with van der Waals surface area (Å²) in [7, 11) is 0. The molecule has 12 heavy (non-hydrogen) atoms. The van der Waals surface area contributed by atoms with Gasteiger partial charge < -0.3 is 5.11 Å². The fourth-order valence-corrected chi connectivity index (χ4v) is 1.90. The highest BCUT2D eigenvalue weighted by molar-refractivity contribution is 5.15. The zero-order chi connectivity index (χ0) is 8.77. The fraction of sp³-hybridized carbons (Fsp3) is 0.889. The average molecular weight is 166 g/mol. The van der Waals surface area contributed by atoms with Gasteiger partial charge >= 0.3 is 0 Å². The number of rotatable bonds is 2. The van der Waals surface area contributed by atoms with E-state index in [0.29, 0.717) is 19.0 Å². The highest BCUT2D eigenvalue weighted by Gasteiger charge is 2.49. The number of nitriles is 1. The van der Waals surface area contributed by atoms with Crippen LogP contribution in [0, 0.1) is 17.2 Å². The molecular weight excluding hydrogens is 152 g/mol. The van der Waals surface area contributed by atoms with Crippen molar-refractivity contribution in [3.8, 4) is 6.07 Å². The van der Waals surface area contributed by atoms with E-state index in [1.54, 1.807) is 0 Å². The number of β-amino-alcohol motifs (C(OH)–C–C–N with tert-alkyl or cyclic N) is 1. The van der Waals surface area contributed by atoms with Crippen LogP contribution in [0.4, 0.5) is 0 Å². The largest absolute Gasteiger partial charge is 0.390 e. The first-order valence-electron chi connectivity index (χ1n) is 4.51. The lowest BCUT2D eigenvalue weighted by molar-refractivity contribution is -0.0489. The zero-order valence-electron chi connectivity index (χ0n) is 7.32. The number of aliphatic hydroxyl groups is 1. The third-order valence-corrected chi connectivity index (χ3v) is 3.12. The van der Waals surface area contributed by atoms with E-state index in [1.807, 2.05) is 6.92 Å². The minimum absolute atomic E-state index is 0.198. The molecule has 1 saturated heterocycles. The van der Waals surface area contributed by atoms with Crippen molar-refractivity contribution in [2.45, 2.75) is 31.4 Å². The van der Waals surface area contributed by atoms with Crippen molar-refractivity contribution >= 4 is 0 Å². The van der Waals surface area contributed by atoms with Gasteiger partial charge in [0.1, 0.15) is 5.54 Å². The summed E-state index contributed by atoms with van der Waals surface area (Å²) in [5.41, 5.74) is -0.292. The normalized spacial score (nSPS) is 30.4. The highest BCUT2D eigenvalue weighted by Crippen LogP contribution is 2.44. The molecule has 3 nitrogen and oxygen atoms in total. The zero-order valence-corrected chi connectivity index (χ0v) is 7.32. The topological polar surface area (TPSA) is 47.3 Å². The smallest absolute Gasteiger partial charge is 0.109 e. The first-order valence-corrected chi connectivity index (χ1v) is 4.51. The van der Waals surface area contributed by atoms with Crippen LogP contribution in [0.1, 0.15) is 19.8 Å². The van der Waals surface area contributed by atoms with Gasteiger partial charge in [0.2, 0.25) is 0 Å². The van der Waals surface area contributed by atoms with Crippen molar-refractivity contribution in [3.63, 3.8) is 0 Å². The summed E-state index contributed by atoms with van der Waals surface area (Å²) < 4.78 is 0. The van der Waals surface area contributed by atoms with E-state index in [2.05, 4.69) is 11.0 Å². The Morgan fingerprint density at radius 1 is 1.50 bits per heavy atom. The standard InChI is InChI=1S/C9H14N2O/c1-9(6-10,7-2-3-7)11-4-8(12)5-11/h7-8,12H,2-5H2,1H3/t9-/m1/s1. The molecule has 1 atom stereocenters. The Kier molecular flexibility index (Phi) is 1.64. The Morgan fingerprint density at radius 3 is 2.42 bits per heavy atom. The first kappa shape index (κ1) is 8.03. The third-order valence-electron chi connectivity index (χ3n) is 3.12. The number of hydrogen-bond donors (Lipinski definition) is 1. The maximum Gasteiger partial charge on any atom is 0.109 e. The van der Waals surface area contributed by atoms with E-state index in [9.17, 15) is 0 Å². The molecule has 0 aromatic heterocycles. The third kappa shape index (κ3) is 1.03. The fourth-order valence-electron chi connectivity index (χ4n) is 1.90. The van der Waals surface area contributed by atoms with Crippen molar-refractivity contribution in [2.75, 3.05) is 13.1 Å². The van der Waals surface area contributed by atoms with Crippen molar-refractivity contribution in [1.82, 2.24) is 4.90 Å². The summed E-state index contributed by atoms with van der Waals surface area (Å²) in [6.07, 6.45) is 2.16. The van der Waals surface area contributed by atoms with Crippen molar-refractivity contribution in [2.24, 2.45) is 5.92 Å². The number of likely N-dealkylation sites (tertiary alicyclic amines) is 1. The van der Waals surface area contributed by atoms with Gasteiger partial charge in [0.05, 0.1) is 12.2 Å². The molecule has 2 aliphatic rings. The molecule has 0 spiro atoms. The Morgan fingerprint density at radius 2 is 2.08 bits per heavy atom. The van der Waals surface area contributed by atoms with Crippen LogP contribution in [0.15, 0.2) is 0 Å². The predicted molar refractivity (Wildman–Crippen MR) is 44.3 cm³/mol. The second kappa shape index (κ2) is 2.45. The van der Waals surface area contributed by atoms with Crippen molar-refractivity contribution < 1.29 is 5.11 Å². The van der Waals surface area contributed by atoms with Crippen LogP contribution in [0.2, 0.25) is 0 Å². The molecule has 0 aromatic carbocycles. The molecule has 1 aliphatic heterocycles. The molecule has 1 saturated carbocycles. The summed E-state index contributed by atoms with van der Waals surface area (Å²) >= 11 is 0. The maximum atomic E-state index is 9.13. The molecule has 0 radical (unpaired) electrons. The highest BCUT2D eigenvalue weighted by atomic mass is 16.3. The summed E-state index contributed by atoms with van der Waals surface area (Å²) in [4.78, 5) is 2.09. The van der Waals surface area contributed by atoms with Gasteiger partial charge in [0, 0.05) is 13.1 Å².